The summed E-state index contributed by atoms with van der Waals surface area (Å²) < 4.78 is 5.37. The van der Waals surface area contributed by atoms with E-state index in [0.29, 0.717) is 17.0 Å². The van der Waals surface area contributed by atoms with Crippen molar-refractivity contribution in [2.45, 2.75) is 38.9 Å². The molecule has 0 radical (unpaired) electrons. The Labute approximate surface area is 128 Å². The zero-order valence-electron chi connectivity index (χ0n) is 12.6. The van der Waals surface area contributed by atoms with Crippen molar-refractivity contribution >= 4 is 34.2 Å². The van der Waals surface area contributed by atoms with Crippen molar-refractivity contribution < 1.29 is 9.53 Å². The molecule has 1 fully saturated rings. The minimum atomic E-state index is -0.308. The van der Waals surface area contributed by atoms with E-state index < -0.39 is 0 Å². The molecular weight excluding hydrogens is 292 g/mol. The van der Waals surface area contributed by atoms with Crippen LogP contribution in [0.3, 0.4) is 0 Å². The van der Waals surface area contributed by atoms with Gasteiger partial charge in [-0.25, -0.2) is 9.78 Å². The molecule has 4 nitrogen and oxygen atoms in total. The highest BCUT2D eigenvalue weighted by Gasteiger charge is 2.26. The summed E-state index contributed by atoms with van der Waals surface area (Å²) in [5.41, 5.74) is 0.475. The molecule has 0 atom stereocenters. The molecule has 1 aromatic rings. The molecule has 1 saturated heterocycles. The van der Waals surface area contributed by atoms with Crippen LogP contribution in [0.4, 0.5) is 5.13 Å². The van der Waals surface area contributed by atoms with Crippen LogP contribution in [0.5, 0.6) is 0 Å². The molecule has 0 bridgehead atoms. The van der Waals surface area contributed by atoms with Crippen LogP contribution < -0.4 is 4.90 Å². The van der Waals surface area contributed by atoms with Gasteiger partial charge in [-0.05, 0) is 20.3 Å². The number of hydrogen-bond acceptors (Lipinski definition) is 6. The predicted octanol–water partition coefficient (Wildman–Crippen LogP) is 3.35. The smallest absolute Gasteiger partial charge is 0.358 e. The van der Waals surface area contributed by atoms with Gasteiger partial charge in [0.15, 0.2) is 10.8 Å². The SMILES string of the molecule is CCOC(=O)c1nc(N2CCSC(C)(C)CC2)sc1C. The number of aryl methyl sites for hydroxylation is 1. The first-order chi connectivity index (χ1) is 9.43. The number of nitrogens with zero attached hydrogens (tertiary/aromatic N) is 2. The van der Waals surface area contributed by atoms with Crippen LogP contribution in [-0.2, 0) is 4.74 Å². The second kappa shape index (κ2) is 6.35. The zero-order chi connectivity index (χ0) is 14.8. The number of thiazole rings is 1. The van der Waals surface area contributed by atoms with E-state index in [2.05, 4.69) is 23.7 Å². The first-order valence-corrected chi connectivity index (χ1v) is 8.76. The van der Waals surface area contributed by atoms with Crippen molar-refractivity contribution in [3.05, 3.63) is 10.6 Å². The molecule has 2 rings (SSSR count). The normalized spacial score (nSPS) is 18.7. The molecule has 20 heavy (non-hydrogen) atoms. The fraction of sp³-hybridized carbons (Fsp3) is 0.714. The number of hydrogen-bond donors (Lipinski definition) is 0. The topological polar surface area (TPSA) is 42.4 Å². The zero-order valence-corrected chi connectivity index (χ0v) is 14.2. The van der Waals surface area contributed by atoms with E-state index in [0.717, 1.165) is 35.3 Å². The van der Waals surface area contributed by atoms with Gasteiger partial charge in [-0.3, -0.25) is 0 Å². The maximum absolute atomic E-state index is 11.8. The first kappa shape index (κ1) is 15.6. The molecule has 1 aliphatic rings. The molecular formula is C14H22N2O2S2. The van der Waals surface area contributed by atoms with Crippen LogP contribution in [0.1, 0.15) is 42.6 Å². The van der Waals surface area contributed by atoms with Crippen molar-refractivity contribution in [3.63, 3.8) is 0 Å². The number of thioether (sulfide) groups is 1. The lowest BCUT2D eigenvalue weighted by Gasteiger charge is -2.22. The van der Waals surface area contributed by atoms with Gasteiger partial charge in [-0.1, -0.05) is 13.8 Å². The average molecular weight is 314 g/mol. The Kier molecular flexibility index (Phi) is 4.96. The first-order valence-electron chi connectivity index (χ1n) is 6.96. The molecule has 0 N–H and O–H groups in total. The number of rotatable bonds is 3. The Morgan fingerprint density at radius 1 is 1.45 bits per heavy atom. The Hall–Kier alpha value is -0.750. The lowest BCUT2D eigenvalue weighted by atomic mass is 10.1. The van der Waals surface area contributed by atoms with Gasteiger partial charge >= 0.3 is 5.97 Å². The number of anilines is 1. The summed E-state index contributed by atoms with van der Waals surface area (Å²) in [4.78, 5) is 19.6. The van der Waals surface area contributed by atoms with E-state index in [1.54, 1.807) is 11.3 Å². The Morgan fingerprint density at radius 3 is 2.90 bits per heavy atom. The van der Waals surface area contributed by atoms with Crippen molar-refractivity contribution in [1.82, 2.24) is 4.98 Å². The number of aromatic nitrogens is 1. The fourth-order valence-corrected chi connectivity index (χ4v) is 4.17. The molecule has 0 spiro atoms. The second-order valence-corrected chi connectivity index (χ2v) is 8.45. The van der Waals surface area contributed by atoms with Crippen molar-refractivity contribution in [2.24, 2.45) is 0 Å². The maximum atomic E-state index is 11.8. The second-order valence-electron chi connectivity index (χ2n) is 5.47. The van der Waals surface area contributed by atoms with Crippen molar-refractivity contribution in [2.75, 3.05) is 30.3 Å². The van der Waals surface area contributed by atoms with Crippen LogP contribution in [-0.4, -0.2) is 41.1 Å². The lowest BCUT2D eigenvalue weighted by molar-refractivity contribution is 0.0519. The van der Waals surface area contributed by atoms with E-state index in [4.69, 9.17) is 4.74 Å². The third-order valence-corrected chi connectivity index (χ3v) is 5.77. The van der Waals surface area contributed by atoms with Gasteiger partial charge in [-0.15, -0.1) is 11.3 Å². The number of esters is 1. The van der Waals surface area contributed by atoms with E-state index in [1.807, 2.05) is 25.6 Å². The molecule has 6 heteroatoms. The minimum Gasteiger partial charge on any atom is -0.461 e. The maximum Gasteiger partial charge on any atom is 0.358 e. The Morgan fingerprint density at radius 2 is 2.20 bits per heavy atom. The fourth-order valence-electron chi connectivity index (χ4n) is 2.12. The summed E-state index contributed by atoms with van der Waals surface area (Å²) in [5.74, 6) is 0.789. The predicted molar refractivity (Wildman–Crippen MR) is 86.2 cm³/mol. The molecule has 0 aromatic carbocycles. The van der Waals surface area contributed by atoms with Crippen LogP contribution in [0.2, 0.25) is 0 Å². The minimum absolute atomic E-state index is 0.308. The molecule has 0 amide bonds. The summed E-state index contributed by atoms with van der Waals surface area (Å²) >= 11 is 3.60. The summed E-state index contributed by atoms with van der Waals surface area (Å²) in [6, 6.07) is 0. The summed E-state index contributed by atoms with van der Waals surface area (Å²) in [5, 5.41) is 0.948. The quantitative estimate of drug-likeness (QED) is 0.800. The third kappa shape index (κ3) is 3.67. The van der Waals surface area contributed by atoms with E-state index >= 15 is 0 Å². The summed E-state index contributed by atoms with van der Waals surface area (Å²) in [6.45, 7) is 10.7. The average Bonchev–Trinajstić information content (AvgIpc) is 2.66. The van der Waals surface area contributed by atoms with Crippen LogP contribution in [0.15, 0.2) is 0 Å². The molecule has 1 aromatic heterocycles. The molecule has 1 aliphatic heterocycles. The van der Waals surface area contributed by atoms with Gasteiger partial charge in [-0.2, -0.15) is 11.8 Å². The standard InChI is InChI=1S/C14H22N2O2S2/c1-5-18-12(17)11-10(2)20-13(15-11)16-7-6-14(3,4)19-9-8-16/h5-9H2,1-4H3. The molecule has 0 saturated carbocycles. The number of ether oxygens (including phenoxy) is 1. The van der Waals surface area contributed by atoms with Gasteiger partial charge in [0.1, 0.15) is 0 Å². The monoisotopic (exact) mass is 314 g/mol. The summed E-state index contributed by atoms with van der Waals surface area (Å²) in [6.07, 6.45) is 1.13. The van der Waals surface area contributed by atoms with Crippen LogP contribution in [0.25, 0.3) is 0 Å². The van der Waals surface area contributed by atoms with E-state index in [1.165, 1.54) is 0 Å². The third-order valence-electron chi connectivity index (χ3n) is 3.36. The Balaban J connectivity index is 2.13. The highest BCUT2D eigenvalue weighted by molar-refractivity contribution is 8.00. The van der Waals surface area contributed by atoms with E-state index in [9.17, 15) is 4.79 Å². The van der Waals surface area contributed by atoms with Gasteiger partial charge in [0.25, 0.3) is 0 Å². The summed E-state index contributed by atoms with van der Waals surface area (Å²) in [7, 11) is 0. The van der Waals surface area contributed by atoms with Crippen LogP contribution in [0, 0.1) is 6.92 Å². The highest BCUT2D eigenvalue weighted by atomic mass is 32.2. The van der Waals surface area contributed by atoms with Crippen molar-refractivity contribution in [1.29, 1.82) is 0 Å². The van der Waals surface area contributed by atoms with Gasteiger partial charge in [0.2, 0.25) is 0 Å². The number of carbonyl (C=O) groups excluding carboxylic acids is 1. The molecule has 0 aliphatic carbocycles. The molecule has 0 unspecified atom stereocenters. The van der Waals surface area contributed by atoms with Gasteiger partial charge in [0.05, 0.1) is 6.61 Å². The van der Waals surface area contributed by atoms with Crippen LogP contribution >= 0.6 is 23.1 Å². The lowest BCUT2D eigenvalue weighted by Crippen LogP contribution is -2.26. The molecule has 2 heterocycles. The van der Waals surface area contributed by atoms with Gasteiger partial charge in [0, 0.05) is 28.5 Å². The van der Waals surface area contributed by atoms with Gasteiger partial charge < -0.3 is 9.64 Å². The van der Waals surface area contributed by atoms with E-state index in [-0.39, 0.29) is 5.97 Å². The number of carbonyl (C=O) groups is 1. The molecule has 112 valence electrons. The van der Waals surface area contributed by atoms with Crippen molar-refractivity contribution in [3.8, 4) is 0 Å². The Bertz CT molecular complexity index is 486. The largest absolute Gasteiger partial charge is 0.461 e. The highest BCUT2D eigenvalue weighted by Crippen LogP contribution is 2.34.